The number of nitro benzene ring substituents is 1. The maximum atomic E-state index is 13.3. The molecule has 228 valence electrons. The highest BCUT2D eigenvalue weighted by Gasteiger charge is 2.38. The van der Waals surface area contributed by atoms with Gasteiger partial charge in [0, 0.05) is 56.2 Å². The number of nitrogens with one attached hydrogen (secondary N) is 1. The highest BCUT2D eigenvalue weighted by atomic mass is 19.4. The average Bonchev–Trinajstić information content (AvgIpc) is 2.99. The number of aromatic nitrogens is 1. The van der Waals surface area contributed by atoms with Crippen molar-refractivity contribution in [3.8, 4) is 5.75 Å². The van der Waals surface area contributed by atoms with Crippen molar-refractivity contribution in [1.82, 2.24) is 9.88 Å². The molecule has 5 rings (SSSR count). The molecule has 2 heterocycles. The zero-order chi connectivity index (χ0) is 30.6. The van der Waals surface area contributed by atoms with Crippen LogP contribution in [0.1, 0.15) is 36.8 Å². The van der Waals surface area contributed by atoms with E-state index in [1.54, 1.807) is 29.3 Å². The number of rotatable bonds is 8. The number of hydrogen-bond donors (Lipinski definition) is 1. The van der Waals surface area contributed by atoms with Crippen molar-refractivity contribution in [3.05, 3.63) is 87.9 Å². The van der Waals surface area contributed by atoms with Gasteiger partial charge < -0.3 is 19.9 Å². The minimum absolute atomic E-state index is 0.00392. The summed E-state index contributed by atoms with van der Waals surface area (Å²) < 4.78 is 59.3. The van der Waals surface area contributed by atoms with Crippen LogP contribution in [0.4, 0.5) is 34.8 Å². The number of ether oxygens (including phenoxy) is 1. The lowest BCUT2D eigenvalue weighted by Gasteiger charge is -2.35. The predicted molar refractivity (Wildman–Crippen MR) is 152 cm³/mol. The maximum Gasteiger partial charge on any atom is 0.423 e. The molecule has 9 nitrogen and oxygen atoms in total. The number of hydrogen-bond acceptors (Lipinski definition) is 7. The van der Waals surface area contributed by atoms with Crippen LogP contribution in [0.25, 0.3) is 0 Å². The number of carbonyl (C=O) groups excluding carboxylic acids is 1. The van der Waals surface area contributed by atoms with Gasteiger partial charge in [-0.15, -0.1) is 0 Å². The second kappa shape index (κ2) is 12.8. The highest BCUT2D eigenvalue weighted by Crippen LogP contribution is 2.38. The van der Waals surface area contributed by atoms with Gasteiger partial charge in [0.05, 0.1) is 17.4 Å². The number of carbonyl (C=O) groups is 1. The molecule has 43 heavy (non-hydrogen) atoms. The Hall–Kier alpha value is -4.42. The molecule has 1 saturated heterocycles. The SMILES string of the molecule is O=C(Cc1ccc(F)cc1)N1CCN(c2cc(O[C@H]3CC[C@H](Nc4ccc([N+](=O)[O-])c(C(F)(F)F)c4)CC3)ccn2)CC1. The van der Waals surface area contributed by atoms with Crippen molar-refractivity contribution in [3.63, 3.8) is 0 Å². The van der Waals surface area contributed by atoms with Crippen molar-refractivity contribution in [2.75, 3.05) is 36.4 Å². The lowest BCUT2D eigenvalue weighted by Crippen LogP contribution is -2.49. The van der Waals surface area contributed by atoms with Gasteiger partial charge in [0.25, 0.3) is 5.69 Å². The Labute approximate surface area is 245 Å². The van der Waals surface area contributed by atoms with Gasteiger partial charge in [-0.1, -0.05) is 12.1 Å². The van der Waals surface area contributed by atoms with E-state index < -0.39 is 22.4 Å². The number of halogens is 4. The van der Waals surface area contributed by atoms with E-state index in [-0.39, 0.29) is 36.0 Å². The Morgan fingerprint density at radius 2 is 1.70 bits per heavy atom. The average molecular weight is 602 g/mol. The number of amides is 1. The van der Waals surface area contributed by atoms with Crippen molar-refractivity contribution < 1.29 is 32.0 Å². The van der Waals surface area contributed by atoms with Gasteiger partial charge in [0.1, 0.15) is 22.9 Å². The molecule has 3 aromatic rings. The Morgan fingerprint density at radius 1 is 1.00 bits per heavy atom. The maximum absolute atomic E-state index is 13.3. The summed E-state index contributed by atoms with van der Waals surface area (Å²) in [7, 11) is 0. The molecule has 1 saturated carbocycles. The zero-order valence-corrected chi connectivity index (χ0v) is 23.2. The summed E-state index contributed by atoms with van der Waals surface area (Å²) >= 11 is 0. The zero-order valence-electron chi connectivity index (χ0n) is 23.2. The van der Waals surface area contributed by atoms with Crippen LogP contribution in [-0.4, -0.2) is 59.0 Å². The highest BCUT2D eigenvalue weighted by molar-refractivity contribution is 5.79. The number of nitrogens with zero attached hydrogens (tertiary/aromatic N) is 4. The second-order valence-corrected chi connectivity index (χ2v) is 10.7. The van der Waals surface area contributed by atoms with Crippen LogP contribution in [-0.2, 0) is 17.4 Å². The first-order valence-electron chi connectivity index (χ1n) is 14.1. The third-order valence-electron chi connectivity index (χ3n) is 7.79. The molecule has 2 aromatic carbocycles. The molecular weight excluding hydrogens is 570 g/mol. The van der Waals surface area contributed by atoms with Crippen LogP contribution in [0, 0.1) is 15.9 Å². The molecule has 1 aliphatic carbocycles. The molecular formula is C30H31F4N5O4. The quantitative estimate of drug-likeness (QED) is 0.197. The third-order valence-corrected chi connectivity index (χ3v) is 7.79. The fourth-order valence-corrected chi connectivity index (χ4v) is 5.48. The predicted octanol–water partition coefficient (Wildman–Crippen LogP) is 5.84. The van der Waals surface area contributed by atoms with Crippen LogP contribution >= 0.6 is 0 Å². The molecule has 0 unspecified atom stereocenters. The van der Waals surface area contributed by atoms with E-state index in [2.05, 4.69) is 15.2 Å². The van der Waals surface area contributed by atoms with Crippen molar-refractivity contribution >= 4 is 23.1 Å². The van der Waals surface area contributed by atoms with E-state index in [0.29, 0.717) is 57.6 Å². The van der Waals surface area contributed by atoms with Crippen molar-refractivity contribution in [2.45, 2.75) is 50.4 Å². The van der Waals surface area contributed by atoms with Gasteiger partial charge in [-0.05, 0) is 61.6 Å². The van der Waals surface area contributed by atoms with Crippen LogP contribution in [0.2, 0.25) is 0 Å². The third kappa shape index (κ3) is 7.70. The molecule has 0 spiro atoms. The Bertz CT molecular complexity index is 1440. The Balaban J connectivity index is 1.10. The molecule has 0 radical (unpaired) electrons. The lowest BCUT2D eigenvalue weighted by atomic mass is 9.92. The van der Waals surface area contributed by atoms with Crippen molar-refractivity contribution in [1.29, 1.82) is 0 Å². The number of alkyl halides is 3. The van der Waals surface area contributed by atoms with Gasteiger partial charge in [-0.25, -0.2) is 9.37 Å². The number of piperazine rings is 1. The van der Waals surface area contributed by atoms with E-state index in [1.165, 1.54) is 18.2 Å². The molecule has 2 fully saturated rings. The summed E-state index contributed by atoms with van der Waals surface area (Å²) in [6.45, 7) is 2.31. The largest absolute Gasteiger partial charge is 0.490 e. The molecule has 0 bridgehead atoms. The van der Waals surface area contributed by atoms with Crippen LogP contribution in [0.5, 0.6) is 5.75 Å². The monoisotopic (exact) mass is 601 g/mol. The first-order valence-corrected chi connectivity index (χ1v) is 14.1. The molecule has 1 aliphatic heterocycles. The van der Waals surface area contributed by atoms with E-state index in [1.807, 2.05) is 6.07 Å². The minimum Gasteiger partial charge on any atom is -0.490 e. The number of anilines is 2. The summed E-state index contributed by atoms with van der Waals surface area (Å²) in [4.78, 5) is 31.0. The van der Waals surface area contributed by atoms with Gasteiger partial charge in [0.2, 0.25) is 5.91 Å². The van der Waals surface area contributed by atoms with Gasteiger partial charge in [0.15, 0.2) is 0 Å². The summed E-state index contributed by atoms with van der Waals surface area (Å²) in [6, 6.07) is 12.5. The second-order valence-electron chi connectivity index (χ2n) is 10.7. The van der Waals surface area contributed by atoms with Crippen molar-refractivity contribution in [2.24, 2.45) is 0 Å². The first kappa shape index (κ1) is 30.1. The molecule has 13 heteroatoms. The first-order chi connectivity index (χ1) is 20.5. The normalized spacial score (nSPS) is 19.2. The summed E-state index contributed by atoms with van der Waals surface area (Å²) in [5.74, 6) is 1.08. The Morgan fingerprint density at radius 3 is 2.35 bits per heavy atom. The van der Waals surface area contributed by atoms with E-state index >= 15 is 0 Å². The molecule has 1 aromatic heterocycles. The summed E-state index contributed by atoms with van der Waals surface area (Å²) in [5, 5.41) is 14.1. The fourth-order valence-electron chi connectivity index (χ4n) is 5.48. The van der Waals surface area contributed by atoms with Gasteiger partial charge in [-0.3, -0.25) is 14.9 Å². The fraction of sp³-hybridized carbons (Fsp3) is 0.400. The number of pyridine rings is 1. The van der Waals surface area contributed by atoms with E-state index in [4.69, 9.17) is 4.74 Å². The molecule has 1 amide bonds. The lowest BCUT2D eigenvalue weighted by molar-refractivity contribution is -0.388. The van der Waals surface area contributed by atoms with E-state index in [0.717, 1.165) is 23.5 Å². The summed E-state index contributed by atoms with van der Waals surface area (Å²) in [6.07, 6.45) is -0.308. The Kier molecular flexibility index (Phi) is 8.97. The smallest absolute Gasteiger partial charge is 0.423 e. The van der Waals surface area contributed by atoms with Crippen LogP contribution in [0.3, 0.4) is 0 Å². The molecule has 0 atom stereocenters. The van der Waals surface area contributed by atoms with Crippen LogP contribution < -0.4 is 15.0 Å². The van der Waals surface area contributed by atoms with Gasteiger partial charge >= 0.3 is 6.18 Å². The van der Waals surface area contributed by atoms with Crippen LogP contribution in [0.15, 0.2) is 60.8 Å². The number of benzene rings is 2. The van der Waals surface area contributed by atoms with E-state index in [9.17, 15) is 32.5 Å². The summed E-state index contributed by atoms with van der Waals surface area (Å²) in [5.41, 5.74) is -1.28. The molecule has 2 aliphatic rings. The van der Waals surface area contributed by atoms with Gasteiger partial charge in [-0.2, -0.15) is 13.2 Å². The molecule has 1 N–H and O–H groups in total. The topological polar surface area (TPSA) is 101 Å². The minimum atomic E-state index is -4.83. The number of nitro groups is 1. The standard InChI is InChI=1S/C30H31F4N5O4/c31-21-3-1-20(2-4-21)17-29(40)38-15-13-37(14-16-38)28-19-25(11-12-35-28)43-24-8-5-22(6-9-24)36-23-7-10-27(39(41)42)26(18-23)30(32,33)34/h1-4,7,10-12,18-19,22,24,36H,5-6,8-9,13-17H2/t22-,24-.